The zero-order valence-corrected chi connectivity index (χ0v) is 25.4. The van der Waals surface area contributed by atoms with Gasteiger partial charge in [-0.15, -0.1) is 0 Å². The summed E-state index contributed by atoms with van der Waals surface area (Å²) in [6, 6.07) is 9.33. The Bertz CT molecular complexity index is 1420. The molecule has 2 aromatic rings. The number of likely N-dealkylation sites (tertiary alicyclic amines) is 1. The summed E-state index contributed by atoms with van der Waals surface area (Å²) in [6.45, 7) is 5.41. The second-order valence-electron chi connectivity index (χ2n) is 11.4. The van der Waals surface area contributed by atoms with E-state index in [0.717, 1.165) is 48.8 Å². The van der Waals surface area contributed by atoms with Crippen LogP contribution in [0.4, 0.5) is 24.5 Å². The molecule has 1 fully saturated rings. The van der Waals surface area contributed by atoms with Crippen molar-refractivity contribution in [2.75, 3.05) is 44.6 Å². The average Bonchev–Trinajstić information content (AvgIpc) is 2.95. The summed E-state index contributed by atoms with van der Waals surface area (Å²) < 4.78 is 42.3. The van der Waals surface area contributed by atoms with E-state index in [2.05, 4.69) is 15.3 Å². The van der Waals surface area contributed by atoms with Crippen LogP contribution in [0, 0.1) is 6.92 Å². The van der Waals surface area contributed by atoms with Gasteiger partial charge in [0.25, 0.3) is 5.91 Å². The lowest BCUT2D eigenvalue weighted by Crippen LogP contribution is -2.41. The van der Waals surface area contributed by atoms with Crippen LogP contribution in [0.1, 0.15) is 53.2 Å². The molecule has 43 heavy (non-hydrogen) atoms. The molecule has 2 heterocycles. The maximum atomic E-state index is 14.1. The molecular formula is C31H41F3N8O. The number of benzene rings is 2. The Labute approximate surface area is 251 Å². The van der Waals surface area contributed by atoms with Crippen molar-refractivity contribution in [1.29, 1.82) is 0 Å². The van der Waals surface area contributed by atoms with Gasteiger partial charge in [-0.1, -0.05) is 12.1 Å². The standard InChI is InChI=1S/C31H41F3N8O/c1-20-6-7-22(16-29(20)42(36)19-28(35)26-10-13-37-40(5)21(26)2)30(43)38-24-9-8-23(27(17-24)31(32,33)34)18-41-14-11-25(12-15-41)39(3)4/h6-9,13,16-17,19,25H,10-12,14-15,18,35-36H2,1-5H3,(H,38,43)/b28-19-. The van der Waals surface area contributed by atoms with Gasteiger partial charge in [0.2, 0.25) is 0 Å². The lowest BCUT2D eigenvalue weighted by atomic mass is 10.0. The lowest BCUT2D eigenvalue weighted by molar-refractivity contribution is -0.138. The van der Waals surface area contributed by atoms with Crippen LogP contribution in [-0.4, -0.2) is 67.2 Å². The predicted molar refractivity (Wildman–Crippen MR) is 165 cm³/mol. The van der Waals surface area contributed by atoms with Crippen molar-refractivity contribution in [1.82, 2.24) is 14.8 Å². The average molecular weight is 599 g/mol. The monoisotopic (exact) mass is 598 g/mol. The number of halogens is 3. The molecule has 0 spiro atoms. The first-order valence-electron chi connectivity index (χ1n) is 14.2. The number of hydrogen-bond donors (Lipinski definition) is 3. The first kappa shape index (κ1) is 32.1. The summed E-state index contributed by atoms with van der Waals surface area (Å²) in [4.78, 5) is 17.4. The molecule has 0 unspecified atom stereocenters. The minimum Gasteiger partial charge on any atom is -0.397 e. The Morgan fingerprint density at radius 2 is 1.84 bits per heavy atom. The largest absolute Gasteiger partial charge is 0.416 e. The third kappa shape index (κ3) is 7.75. The Hall–Kier alpha value is -3.87. The number of rotatable bonds is 8. The van der Waals surface area contributed by atoms with E-state index in [1.54, 1.807) is 35.6 Å². The predicted octanol–water partition coefficient (Wildman–Crippen LogP) is 4.87. The van der Waals surface area contributed by atoms with Crippen LogP contribution in [0.3, 0.4) is 0 Å². The lowest BCUT2D eigenvalue weighted by Gasteiger charge is -2.35. The van der Waals surface area contributed by atoms with Gasteiger partial charge in [0.05, 0.1) is 16.9 Å². The summed E-state index contributed by atoms with van der Waals surface area (Å²) in [6.07, 6.45) is 1.15. The highest BCUT2D eigenvalue weighted by molar-refractivity contribution is 6.05. The smallest absolute Gasteiger partial charge is 0.397 e. The van der Waals surface area contributed by atoms with E-state index in [1.165, 1.54) is 17.1 Å². The molecule has 0 bridgehead atoms. The van der Waals surface area contributed by atoms with Gasteiger partial charge in [-0.2, -0.15) is 18.3 Å². The van der Waals surface area contributed by atoms with Crippen molar-refractivity contribution in [2.24, 2.45) is 16.7 Å². The van der Waals surface area contributed by atoms with Crippen molar-refractivity contribution < 1.29 is 18.0 Å². The molecule has 2 aliphatic heterocycles. The van der Waals surface area contributed by atoms with Gasteiger partial charge >= 0.3 is 6.18 Å². The number of piperidine rings is 1. The second kappa shape index (κ2) is 13.2. The molecule has 1 saturated heterocycles. The van der Waals surface area contributed by atoms with Gasteiger partial charge in [-0.25, -0.2) is 5.84 Å². The van der Waals surface area contributed by atoms with E-state index < -0.39 is 17.6 Å². The van der Waals surface area contributed by atoms with Gasteiger partial charge < -0.3 is 16.0 Å². The number of hydrazone groups is 1. The molecule has 2 aliphatic rings. The highest BCUT2D eigenvalue weighted by Gasteiger charge is 2.34. The molecular weight excluding hydrogens is 557 g/mol. The quantitative estimate of drug-likeness (QED) is 0.294. The summed E-state index contributed by atoms with van der Waals surface area (Å²) in [7, 11) is 5.88. The van der Waals surface area contributed by atoms with Gasteiger partial charge in [0.15, 0.2) is 0 Å². The maximum Gasteiger partial charge on any atom is 0.416 e. The number of amides is 1. The third-order valence-electron chi connectivity index (χ3n) is 8.20. The van der Waals surface area contributed by atoms with Crippen LogP contribution in [-0.2, 0) is 12.7 Å². The number of aryl methyl sites for hydroxylation is 1. The summed E-state index contributed by atoms with van der Waals surface area (Å²) in [5, 5.41) is 9.92. The normalized spacial score (nSPS) is 17.2. The SMILES string of the molecule is CC1=C(/C(N)=C/N(N)c2cc(C(=O)Nc3ccc(CN4CCC(N(C)C)CC4)c(C(F)(F)F)c3)ccc2C)CC=NN1C. The van der Waals surface area contributed by atoms with Crippen molar-refractivity contribution in [2.45, 2.75) is 51.9 Å². The van der Waals surface area contributed by atoms with Crippen LogP contribution >= 0.6 is 0 Å². The first-order chi connectivity index (χ1) is 20.2. The van der Waals surface area contributed by atoms with E-state index in [1.807, 2.05) is 39.9 Å². The number of alkyl halides is 3. The fourth-order valence-corrected chi connectivity index (χ4v) is 5.43. The number of hydrogen-bond acceptors (Lipinski definition) is 8. The van der Waals surface area contributed by atoms with E-state index in [9.17, 15) is 18.0 Å². The van der Waals surface area contributed by atoms with Gasteiger partial charge in [-0.05, 0) is 89.3 Å². The van der Waals surface area contributed by atoms with E-state index in [0.29, 0.717) is 23.8 Å². The number of carbonyl (C=O) groups is 1. The molecule has 0 atom stereocenters. The molecule has 0 radical (unpaired) electrons. The molecule has 232 valence electrons. The summed E-state index contributed by atoms with van der Waals surface area (Å²) >= 11 is 0. The molecule has 9 nitrogen and oxygen atoms in total. The Morgan fingerprint density at radius 3 is 2.49 bits per heavy atom. The number of nitrogens with two attached hydrogens (primary N) is 2. The zero-order chi connectivity index (χ0) is 31.5. The van der Waals surface area contributed by atoms with E-state index in [4.69, 9.17) is 11.6 Å². The molecule has 0 saturated carbocycles. The van der Waals surface area contributed by atoms with Crippen molar-refractivity contribution in [3.63, 3.8) is 0 Å². The number of hydrazine groups is 1. The number of allylic oxidation sites excluding steroid dienone is 2. The minimum atomic E-state index is -4.56. The van der Waals surface area contributed by atoms with Crippen LogP contribution in [0.15, 0.2) is 64.7 Å². The third-order valence-corrected chi connectivity index (χ3v) is 8.20. The van der Waals surface area contributed by atoms with E-state index >= 15 is 0 Å². The highest BCUT2D eigenvalue weighted by Crippen LogP contribution is 2.35. The minimum absolute atomic E-state index is 0.0637. The van der Waals surface area contributed by atoms with Gasteiger partial charge in [0, 0.05) is 61.0 Å². The highest BCUT2D eigenvalue weighted by atomic mass is 19.4. The summed E-state index contributed by atoms with van der Waals surface area (Å²) in [5.74, 6) is 5.78. The number of anilines is 2. The number of nitrogens with one attached hydrogen (secondary N) is 1. The van der Waals surface area contributed by atoms with Gasteiger partial charge in [-0.3, -0.25) is 19.7 Å². The maximum absolute atomic E-state index is 14.1. The summed E-state index contributed by atoms with van der Waals surface area (Å²) in [5.41, 5.74) is 9.63. The topological polar surface area (TPSA) is 106 Å². The zero-order valence-electron chi connectivity index (χ0n) is 25.4. The molecule has 4 rings (SSSR count). The molecule has 1 amide bonds. The van der Waals surface area contributed by atoms with Crippen LogP contribution in [0.25, 0.3) is 0 Å². The fraction of sp³-hybridized carbons (Fsp3) is 0.419. The van der Waals surface area contributed by atoms with Crippen molar-refractivity contribution in [3.05, 3.63) is 81.8 Å². The Balaban J connectivity index is 1.50. The van der Waals surface area contributed by atoms with Crippen LogP contribution in [0.5, 0.6) is 0 Å². The number of nitrogens with zero attached hydrogens (tertiary/aromatic N) is 5. The Morgan fingerprint density at radius 1 is 1.14 bits per heavy atom. The molecule has 5 N–H and O–H groups in total. The first-order valence-corrected chi connectivity index (χ1v) is 14.2. The molecule has 2 aromatic carbocycles. The number of carbonyl (C=O) groups excluding carboxylic acids is 1. The van der Waals surface area contributed by atoms with Crippen molar-refractivity contribution >= 4 is 23.5 Å². The van der Waals surface area contributed by atoms with Crippen LogP contribution < -0.4 is 21.9 Å². The van der Waals surface area contributed by atoms with Crippen molar-refractivity contribution in [3.8, 4) is 0 Å². The second-order valence-corrected chi connectivity index (χ2v) is 11.4. The van der Waals surface area contributed by atoms with E-state index in [-0.39, 0.29) is 23.4 Å². The molecule has 0 aromatic heterocycles. The van der Waals surface area contributed by atoms with Gasteiger partial charge in [0.1, 0.15) is 0 Å². The van der Waals surface area contributed by atoms with Crippen LogP contribution in [0.2, 0.25) is 0 Å². The fourth-order valence-electron chi connectivity index (χ4n) is 5.43. The molecule has 0 aliphatic carbocycles. The Kier molecular flexibility index (Phi) is 9.83. The molecule has 12 heteroatoms.